The number of aromatic nitrogens is 1. The summed E-state index contributed by atoms with van der Waals surface area (Å²) in [6.07, 6.45) is 5.23. The van der Waals surface area contributed by atoms with E-state index in [9.17, 15) is 4.79 Å². The molecule has 1 aromatic carbocycles. The number of aryl methyl sites for hydroxylation is 1. The number of pyridine rings is 1. The maximum atomic E-state index is 11.8. The molecule has 4 nitrogen and oxygen atoms in total. The number of hydrogen-bond acceptors (Lipinski definition) is 3. The van der Waals surface area contributed by atoms with E-state index in [0.29, 0.717) is 12.5 Å². The minimum atomic E-state index is 0.0931. The molecule has 3 rings (SSSR count). The van der Waals surface area contributed by atoms with E-state index in [4.69, 9.17) is 4.74 Å². The Balaban J connectivity index is 1.34. The third kappa shape index (κ3) is 5.28. The van der Waals surface area contributed by atoms with Crippen LogP contribution in [0.4, 0.5) is 0 Å². The lowest BCUT2D eigenvalue weighted by molar-refractivity contribution is 0.104. The molecule has 0 N–H and O–H groups in total. The minimum absolute atomic E-state index is 0.0931. The van der Waals surface area contributed by atoms with Crippen molar-refractivity contribution < 1.29 is 4.74 Å². The van der Waals surface area contributed by atoms with Crippen LogP contribution in [0.5, 0.6) is 0 Å². The second-order valence-corrected chi connectivity index (χ2v) is 6.92. The number of hydrogen-bond donors (Lipinski definition) is 0. The van der Waals surface area contributed by atoms with Crippen LogP contribution >= 0.6 is 0 Å². The maximum Gasteiger partial charge on any atom is 0.250 e. The van der Waals surface area contributed by atoms with E-state index < -0.39 is 0 Å². The van der Waals surface area contributed by atoms with Gasteiger partial charge >= 0.3 is 0 Å². The first-order valence-electron chi connectivity index (χ1n) is 9.23. The molecule has 1 saturated heterocycles. The standard InChI is InChI=1S/C21H28N2O2/c1-22-12-8-20(16-21(22)24)19-9-13-23(14-10-19)11-5-15-25-17-18-6-3-2-4-7-18/h2-4,6-8,12,16,19H,5,9-11,13-15,17H2,1H3. The lowest BCUT2D eigenvalue weighted by Crippen LogP contribution is -2.34. The van der Waals surface area contributed by atoms with Gasteiger partial charge in [0.15, 0.2) is 0 Å². The Morgan fingerprint density at radius 2 is 1.88 bits per heavy atom. The highest BCUT2D eigenvalue weighted by atomic mass is 16.5. The molecule has 0 bridgehead atoms. The highest BCUT2D eigenvalue weighted by Gasteiger charge is 2.20. The van der Waals surface area contributed by atoms with Crippen molar-refractivity contribution in [3.8, 4) is 0 Å². The fraction of sp³-hybridized carbons (Fsp3) is 0.476. The molecule has 1 fully saturated rings. The van der Waals surface area contributed by atoms with Crippen molar-refractivity contribution in [1.29, 1.82) is 0 Å². The summed E-state index contributed by atoms with van der Waals surface area (Å²) in [4.78, 5) is 14.3. The Labute approximate surface area is 150 Å². The highest BCUT2D eigenvalue weighted by Crippen LogP contribution is 2.27. The molecule has 1 aliphatic heterocycles. The van der Waals surface area contributed by atoms with Crippen LogP contribution in [0.2, 0.25) is 0 Å². The molecule has 2 aromatic rings. The predicted molar refractivity (Wildman–Crippen MR) is 101 cm³/mol. The molecule has 0 unspecified atom stereocenters. The smallest absolute Gasteiger partial charge is 0.250 e. The third-order valence-corrected chi connectivity index (χ3v) is 5.06. The number of piperidine rings is 1. The minimum Gasteiger partial charge on any atom is -0.377 e. The lowest BCUT2D eigenvalue weighted by Gasteiger charge is -2.32. The van der Waals surface area contributed by atoms with E-state index in [1.807, 2.05) is 24.4 Å². The van der Waals surface area contributed by atoms with Gasteiger partial charge in [-0.25, -0.2) is 0 Å². The Morgan fingerprint density at radius 1 is 1.12 bits per heavy atom. The molecule has 1 aliphatic rings. The van der Waals surface area contributed by atoms with E-state index >= 15 is 0 Å². The quantitative estimate of drug-likeness (QED) is 0.726. The van der Waals surface area contributed by atoms with Crippen LogP contribution in [0.25, 0.3) is 0 Å². The third-order valence-electron chi connectivity index (χ3n) is 5.06. The first-order valence-corrected chi connectivity index (χ1v) is 9.23. The molecule has 4 heteroatoms. The molecule has 25 heavy (non-hydrogen) atoms. The van der Waals surface area contributed by atoms with Gasteiger partial charge in [-0.05, 0) is 55.5 Å². The predicted octanol–water partition coefficient (Wildman–Crippen LogP) is 3.17. The molecule has 1 aromatic heterocycles. The first kappa shape index (κ1) is 17.9. The second kappa shape index (κ2) is 8.97. The van der Waals surface area contributed by atoms with Crippen LogP contribution < -0.4 is 5.56 Å². The van der Waals surface area contributed by atoms with Crippen molar-refractivity contribution in [1.82, 2.24) is 9.47 Å². The Hall–Kier alpha value is -1.91. The zero-order valence-electron chi connectivity index (χ0n) is 15.1. The summed E-state index contributed by atoms with van der Waals surface area (Å²) in [6, 6.07) is 14.2. The van der Waals surface area contributed by atoms with Crippen molar-refractivity contribution in [2.75, 3.05) is 26.2 Å². The Bertz CT molecular complexity index is 703. The van der Waals surface area contributed by atoms with Gasteiger partial charge in [-0.3, -0.25) is 4.79 Å². The molecule has 134 valence electrons. The summed E-state index contributed by atoms with van der Waals surface area (Å²) in [5.74, 6) is 0.527. The average Bonchev–Trinajstić information content (AvgIpc) is 2.65. The van der Waals surface area contributed by atoms with Gasteiger partial charge in [-0.1, -0.05) is 30.3 Å². The summed E-state index contributed by atoms with van der Waals surface area (Å²) in [5.41, 5.74) is 2.53. The van der Waals surface area contributed by atoms with Gasteiger partial charge < -0.3 is 14.2 Å². The van der Waals surface area contributed by atoms with Gasteiger partial charge in [0.05, 0.1) is 6.61 Å². The summed E-state index contributed by atoms with van der Waals surface area (Å²) < 4.78 is 7.39. The molecule has 0 atom stereocenters. The monoisotopic (exact) mass is 340 g/mol. The highest BCUT2D eigenvalue weighted by molar-refractivity contribution is 5.17. The normalized spacial score (nSPS) is 16.2. The molecule has 0 saturated carbocycles. The summed E-state index contributed by atoms with van der Waals surface area (Å²) in [5, 5.41) is 0. The largest absolute Gasteiger partial charge is 0.377 e. The maximum absolute atomic E-state index is 11.8. The average molecular weight is 340 g/mol. The van der Waals surface area contributed by atoms with Crippen LogP contribution in [-0.2, 0) is 18.4 Å². The molecule has 0 aliphatic carbocycles. The SMILES string of the molecule is Cn1ccc(C2CCN(CCCOCc3ccccc3)CC2)cc1=O. The van der Waals surface area contributed by atoms with E-state index in [1.165, 1.54) is 11.1 Å². The van der Waals surface area contributed by atoms with Crippen LogP contribution in [0.1, 0.15) is 36.3 Å². The molecule has 0 radical (unpaired) electrons. The van der Waals surface area contributed by atoms with Gasteiger partial charge in [0.1, 0.15) is 0 Å². The zero-order valence-corrected chi connectivity index (χ0v) is 15.1. The van der Waals surface area contributed by atoms with Gasteiger partial charge in [0.25, 0.3) is 5.56 Å². The summed E-state index contributed by atoms with van der Waals surface area (Å²) >= 11 is 0. The van der Waals surface area contributed by atoms with Crippen molar-refractivity contribution in [3.05, 3.63) is 70.1 Å². The number of benzene rings is 1. The fourth-order valence-electron chi connectivity index (χ4n) is 3.46. The van der Waals surface area contributed by atoms with Gasteiger partial charge in [0.2, 0.25) is 0 Å². The number of ether oxygens (including phenoxy) is 1. The summed E-state index contributed by atoms with van der Waals surface area (Å²) in [6.45, 7) is 4.82. The van der Waals surface area contributed by atoms with Crippen molar-refractivity contribution in [2.24, 2.45) is 7.05 Å². The van der Waals surface area contributed by atoms with Gasteiger partial charge in [-0.15, -0.1) is 0 Å². The van der Waals surface area contributed by atoms with E-state index in [1.54, 1.807) is 17.7 Å². The van der Waals surface area contributed by atoms with Crippen LogP contribution in [0.15, 0.2) is 53.5 Å². The van der Waals surface area contributed by atoms with E-state index in [0.717, 1.165) is 45.5 Å². The van der Waals surface area contributed by atoms with Crippen molar-refractivity contribution >= 4 is 0 Å². The second-order valence-electron chi connectivity index (χ2n) is 6.92. The number of likely N-dealkylation sites (tertiary alicyclic amines) is 1. The fourth-order valence-corrected chi connectivity index (χ4v) is 3.46. The van der Waals surface area contributed by atoms with Crippen LogP contribution in [-0.4, -0.2) is 35.7 Å². The van der Waals surface area contributed by atoms with Crippen molar-refractivity contribution in [2.45, 2.75) is 31.8 Å². The Morgan fingerprint density at radius 3 is 2.60 bits per heavy atom. The molecule has 0 amide bonds. The van der Waals surface area contributed by atoms with Gasteiger partial charge in [0, 0.05) is 32.5 Å². The molecular weight excluding hydrogens is 312 g/mol. The summed E-state index contributed by atoms with van der Waals surface area (Å²) in [7, 11) is 1.80. The first-order chi connectivity index (χ1) is 12.2. The molecule has 0 spiro atoms. The lowest BCUT2D eigenvalue weighted by atomic mass is 9.90. The molecule has 2 heterocycles. The number of nitrogens with zero attached hydrogens (tertiary/aromatic N) is 2. The number of rotatable bonds is 7. The van der Waals surface area contributed by atoms with Crippen LogP contribution in [0.3, 0.4) is 0 Å². The van der Waals surface area contributed by atoms with Crippen molar-refractivity contribution in [3.63, 3.8) is 0 Å². The van der Waals surface area contributed by atoms with E-state index in [2.05, 4.69) is 23.1 Å². The van der Waals surface area contributed by atoms with E-state index in [-0.39, 0.29) is 5.56 Å². The van der Waals surface area contributed by atoms with Gasteiger partial charge in [-0.2, -0.15) is 0 Å². The molecular formula is C21H28N2O2. The topological polar surface area (TPSA) is 34.5 Å². The van der Waals surface area contributed by atoms with Crippen LogP contribution in [0, 0.1) is 0 Å². The zero-order chi connectivity index (χ0) is 17.5. The Kier molecular flexibility index (Phi) is 6.42.